The number of nitrogens with one attached hydrogen (secondary N) is 1. The van der Waals surface area contributed by atoms with E-state index in [9.17, 15) is 14.4 Å². The number of aromatic amines is 1. The Balaban J connectivity index is 1.37. The maximum atomic E-state index is 13.1. The lowest BCUT2D eigenvalue weighted by atomic mass is 9.88. The molecule has 142 valence electrons. The molecule has 2 aromatic carbocycles. The number of hydrogen-bond acceptors (Lipinski definition) is 3. The van der Waals surface area contributed by atoms with E-state index in [1.165, 1.54) is 12.1 Å². The van der Waals surface area contributed by atoms with Gasteiger partial charge in [-0.3, -0.25) is 4.79 Å². The first-order chi connectivity index (χ1) is 13.7. The van der Waals surface area contributed by atoms with Gasteiger partial charge in [-0.1, -0.05) is 24.3 Å². The number of benzene rings is 2. The van der Waals surface area contributed by atoms with Crippen LogP contribution in [-0.4, -0.2) is 35.3 Å². The van der Waals surface area contributed by atoms with E-state index >= 15 is 0 Å². The van der Waals surface area contributed by atoms with Crippen LogP contribution in [0.25, 0.3) is 10.9 Å². The molecular weight excluding hydrogens is 353 g/mol. The molecule has 1 aliphatic heterocycles. The Morgan fingerprint density at radius 3 is 2.64 bits per heavy atom. The average molecular weight is 375 g/mol. The fraction of sp³-hybridized carbons (Fsp3) is 0.304. The van der Waals surface area contributed by atoms with E-state index < -0.39 is 0 Å². The Morgan fingerprint density at radius 2 is 1.93 bits per heavy atom. The molecule has 1 N–H and O–H groups in total. The first-order valence-corrected chi connectivity index (χ1v) is 9.67. The van der Waals surface area contributed by atoms with Gasteiger partial charge in [-0.2, -0.15) is 5.26 Å². The van der Waals surface area contributed by atoms with E-state index in [2.05, 4.69) is 16.0 Å². The predicted molar refractivity (Wildman–Crippen MR) is 107 cm³/mol. The van der Waals surface area contributed by atoms with Gasteiger partial charge in [0, 0.05) is 29.6 Å². The van der Waals surface area contributed by atoms with Crippen molar-refractivity contribution in [3.63, 3.8) is 0 Å². The number of carbonyl (C=O) groups is 1. The van der Waals surface area contributed by atoms with Crippen molar-refractivity contribution in [3.05, 3.63) is 71.2 Å². The minimum absolute atomic E-state index is 0.0153. The highest BCUT2D eigenvalue weighted by molar-refractivity contribution is 6.09. The summed E-state index contributed by atoms with van der Waals surface area (Å²) in [6, 6.07) is 14.4. The number of ketones is 1. The fourth-order valence-corrected chi connectivity index (χ4v) is 4.03. The predicted octanol–water partition coefficient (Wildman–Crippen LogP) is 4.32. The smallest absolute Gasteiger partial charge is 0.168 e. The molecule has 3 aromatic rings. The Morgan fingerprint density at radius 1 is 1.18 bits per heavy atom. The van der Waals surface area contributed by atoms with Gasteiger partial charge in [0.25, 0.3) is 0 Å². The SMILES string of the molecule is N#Cc1c[nH]c2c(C(=O)C3CCN(CCc4ccc(F)cc4)CC3)cccc12. The first-order valence-electron chi connectivity index (χ1n) is 9.67. The van der Waals surface area contributed by atoms with Gasteiger partial charge in [0.15, 0.2) is 5.78 Å². The van der Waals surface area contributed by atoms with Gasteiger partial charge in [0.1, 0.15) is 11.9 Å². The number of piperidine rings is 1. The summed E-state index contributed by atoms with van der Waals surface area (Å²) >= 11 is 0. The summed E-state index contributed by atoms with van der Waals surface area (Å²) in [6.07, 6.45) is 4.23. The lowest BCUT2D eigenvalue weighted by molar-refractivity contribution is 0.0842. The summed E-state index contributed by atoms with van der Waals surface area (Å²) in [7, 11) is 0. The lowest BCUT2D eigenvalue weighted by Gasteiger charge is -2.31. The summed E-state index contributed by atoms with van der Waals surface area (Å²) in [5.41, 5.74) is 3.15. The largest absolute Gasteiger partial charge is 0.359 e. The maximum Gasteiger partial charge on any atom is 0.168 e. The number of para-hydroxylation sites is 1. The minimum Gasteiger partial charge on any atom is -0.359 e. The Hall–Kier alpha value is -2.97. The van der Waals surface area contributed by atoms with Crippen LogP contribution in [-0.2, 0) is 6.42 Å². The third kappa shape index (κ3) is 3.69. The second-order valence-electron chi connectivity index (χ2n) is 7.40. The van der Waals surface area contributed by atoms with Crippen LogP contribution in [0, 0.1) is 23.1 Å². The number of nitrogens with zero attached hydrogens (tertiary/aromatic N) is 2. The van der Waals surface area contributed by atoms with E-state index in [0.717, 1.165) is 55.4 Å². The molecule has 2 heterocycles. The summed E-state index contributed by atoms with van der Waals surface area (Å²) in [6.45, 7) is 2.70. The van der Waals surface area contributed by atoms with Crippen molar-refractivity contribution in [2.45, 2.75) is 19.3 Å². The van der Waals surface area contributed by atoms with Crippen LogP contribution in [0.1, 0.15) is 34.3 Å². The number of aromatic nitrogens is 1. The monoisotopic (exact) mass is 375 g/mol. The van der Waals surface area contributed by atoms with Gasteiger partial charge in [0.2, 0.25) is 0 Å². The minimum atomic E-state index is -0.206. The summed E-state index contributed by atoms with van der Waals surface area (Å²) in [5, 5.41) is 10.0. The third-order valence-electron chi connectivity index (χ3n) is 5.69. The van der Waals surface area contributed by atoms with Crippen LogP contribution in [0.4, 0.5) is 4.39 Å². The van der Waals surface area contributed by atoms with Gasteiger partial charge >= 0.3 is 0 Å². The Bertz CT molecular complexity index is 1020. The molecule has 0 saturated carbocycles. The number of nitriles is 1. The molecule has 1 aromatic heterocycles. The van der Waals surface area contributed by atoms with Crippen molar-refractivity contribution >= 4 is 16.7 Å². The van der Waals surface area contributed by atoms with E-state index in [1.807, 2.05) is 30.3 Å². The van der Waals surface area contributed by atoms with Crippen LogP contribution in [0.3, 0.4) is 0 Å². The van der Waals surface area contributed by atoms with Gasteiger partial charge in [-0.05, 0) is 56.1 Å². The molecule has 5 heteroatoms. The maximum absolute atomic E-state index is 13.1. The number of hydrogen-bond donors (Lipinski definition) is 1. The van der Waals surface area contributed by atoms with Gasteiger partial charge in [0.05, 0.1) is 11.1 Å². The number of carbonyl (C=O) groups excluding carboxylic acids is 1. The molecule has 0 unspecified atom stereocenters. The summed E-state index contributed by atoms with van der Waals surface area (Å²) in [4.78, 5) is 18.5. The van der Waals surface area contributed by atoms with Crippen molar-refractivity contribution < 1.29 is 9.18 Å². The fourth-order valence-electron chi connectivity index (χ4n) is 4.03. The molecule has 0 atom stereocenters. The highest BCUT2D eigenvalue weighted by atomic mass is 19.1. The zero-order chi connectivity index (χ0) is 19.5. The highest BCUT2D eigenvalue weighted by Crippen LogP contribution is 2.27. The lowest BCUT2D eigenvalue weighted by Crippen LogP contribution is -2.37. The van der Waals surface area contributed by atoms with Gasteiger partial charge in [-0.15, -0.1) is 0 Å². The molecule has 0 spiro atoms. The van der Waals surface area contributed by atoms with Crippen LogP contribution in [0.15, 0.2) is 48.7 Å². The average Bonchev–Trinajstić information content (AvgIpc) is 3.16. The van der Waals surface area contributed by atoms with Crippen molar-refractivity contribution in [2.24, 2.45) is 5.92 Å². The Labute approximate surface area is 163 Å². The molecule has 28 heavy (non-hydrogen) atoms. The molecule has 1 aliphatic rings. The van der Waals surface area contributed by atoms with E-state index in [-0.39, 0.29) is 17.5 Å². The van der Waals surface area contributed by atoms with Crippen LogP contribution >= 0.6 is 0 Å². The molecular formula is C23H22FN3O. The number of halogens is 1. The molecule has 0 aliphatic carbocycles. The van der Waals surface area contributed by atoms with Crippen molar-refractivity contribution in [1.82, 2.24) is 9.88 Å². The first kappa shape index (κ1) is 18.4. The number of H-pyrrole nitrogens is 1. The van der Waals surface area contributed by atoms with Gasteiger partial charge < -0.3 is 9.88 Å². The Kier molecular flexibility index (Phi) is 5.23. The standard InChI is InChI=1S/C23H22FN3O/c24-19-6-4-16(5-7-19)8-11-27-12-9-17(10-13-27)23(28)21-3-1-2-20-18(14-25)15-26-22(20)21/h1-7,15,17,26H,8-13H2. The zero-order valence-electron chi connectivity index (χ0n) is 15.6. The van der Waals surface area contributed by atoms with E-state index in [0.29, 0.717) is 11.1 Å². The van der Waals surface area contributed by atoms with Gasteiger partial charge in [-0.25, -0.2) is 4.39 Å². The summed E-state index contributed by atoms with van der Waals surface area (Å²) < 4.78 is 13.0. The highest BCUT2D eigenvalue weighted by Gasteiger charge is 2.27. The molecule has 4 nitrogen and oxygen atoms in total. The van der Waals surface area contributed by atoms with Crippen LogP contribution < -0.4 is 0 Å². The number of likely N-dealkylation sites (tertiary alicyclic amines) is 1. The normalized spacial score (nSPS) is 15.6. The second kappa shape index (κ2) is 7.95. The zero-order valence-corrected chi connectivity index (χ0v) is 15.6. The van der Waals surface area contributed by atoms with Crippen molar-refractivity contribution in [3.8, 4) is 6.07 Å². The van der Waals surface area contributed by atoms with Crippen LogP contribution in [0.5, 0.6) is 0 Å². The topological polar surface area (TPSA) is 59.9 Å². The molecule has 0 amide bonds. The molecule has 4 rings (SSSR count). The number of rotatable bonds is 5. The molecule has 1 saturated heterocycles. The third-order valence-corrected chi connectivity index (χ3v) is 5.69. The van der Waals surface area contributed by atoms with E-state index in [1.54, 1.807) is 6.20 Å². The molecule has 0 bridgehead atoms. The summed E-state index contributed by atoms with van der Waals surface area (Å²) in [5.74, 6) is -0.0290. The molecule has 0 radical (unpaired) electrons. The van der Waals surface area contributed by atoms with Crippen molar-refractivity contribution in [1.29, 1.82) is 5.26 Å². The second-order valence-corrected chi connectivity index (χ2v) is 7.40. The quantitative estimate of drug-likeness (QED) is 0.676. The number of Topliss-reactive ketones (excluding diaryl/α,β-unsaturated/α-hetero) is 1. The van der Waals surface area contributed by atoms with E-state index in [4.69, 9.17) is 0 Å². The van der Waals surface area contributed by atoms with Crippen LogP contribution in [0.2, 0.25) is 0 Å². The molecule has 1 fully saturated rings. The number of fused-ring (bicyclic) bond motifs is 1. The van der Waals surface area contributed by atoms with Crippen molar-refractivity contribution in [2.75, 3.05) is 19.6 Å².